The highest BCUT2D eigenvalue weighted by Gasteiger charge is 2.44. The van der Waals surface area contributed by atoms with Gasteiger partial charge in [0.1, 0.15) is 79.0 Å². The van der Waals surface area contributed by atoms with Crippen LogP contribution in [0.4, 0.5) is 0 Å². The number of carbonyl (C=O) groups is 13. The van der Waals surface area contributed by atoms with E-state index >= 15 is 4.79 Å². The summed E-state index contributed by atoms with van der Waals surface area (Å²) >= 11 is 2.41. The second-order valence-corrected chi connectivity index (χ2v) is 26.7. The molecule has 0 saturated carbocycles. The number of ether oxygens (including phenoxy) is 1. The minimum Gasteiger partial charge on any atom is -0.494 e. The molecule has 15 N–H and O–H groups in total. The van der Waals surface area contributed by atoms with Crippen molar-refractivity contribution in [1.82, 2.24) is 52.3 Å². The number of hydrogen-bond acceptors (Lipinski definition) is 23. The zero-order valence-corrected chi connectivity index (χ0v) is 57.0. The molecule has 2 fully saturated rings. The number of carboxylic acids is 1. The van der Waals surface area contributed by atoms with Crippen molar-refractivity contribution in [2.24, 2.45) is 22.5 Å². The number of fused-ring (bicyclic) bond motifs is 7. The maximum Gasteiger partial charge on any atom is 0.344 e. The van der Waals surface area contributed by atoms with Gasteiger partial charge in [-0.1, -0.05) is 25.1 Å². The Morgan fingerprint density at radius 3 is 1.80 bits per heavy atom. The van der Waals surface area contributed by atoms with Gasteiger partial charge in [-0.2, -0.15) is 28.4 Å². The molecule has 0 aromatic heterocycles. The quantitative estimate of drug-likeness (QED) is 0.0502. The highest BCUT2D eigenvalue weighted by Crippen LogP contribution is 2.28. The molecule has 0 unspecified atom stereocenters. The van der Waals surface area contributed by atoms with Gasteiger partial charge in [0.25, 0.3) is 5.91 Å². The minimum absolute atomic E-state index is 0.0307. The number of nitrogens with one attached hydrogen (secondary N) is 8. The number of benzene rings is 1. The summed E-state index contributed by atoms with van der Waals surface area (Å²) in [6, 6.07) is -9.92. The third-order valence-electron chi connectivity index (χ3n) is 16.2. The predicted octanol–water partition coefficient (Wildman–Crippen LogP) is -2.24. The molecule has 1 aromatic carbocycles. The van der Waals surface area contributed by atoms with Gasteiger partial charge in [0.05, 0.1) is 32.3 Å². The lowest BCUT2D eigenvalue weighted by Crippen LogP contribution is -2.63. The summed E-state index contributed by atoms with van der Waals surface area (Å²) in [5.74, 6) is -12.7. The van der Waals surface area contributed by atoms with Crippen molar-refractivity contribution in [2.45, 2.75) is 208 Å². The zero-order chi connectivity index (χ0) is 71.3. The zero-order valence-electron chi connectivity index (χ0n) is 55.4. The highest BCUT2D eigenvalue weighted by molar-refractivity contribution is 7.98. The Morgan fingerprint density at radius 2 is 1.20 bits per heavy atom. The van der Waals surface area contributed by atoms with Crippen LogP contribution in [0.2, 0.25) is 0 Å². The molecular formula is C62H95N13O20S2. The summed E-state index contributed by atoms with van der Waals surface area (Å²) in [6.07, 6.45) is -0.450. The molecule has 0 spiro atoms. The molecule has 2 saturated heterocycles. The molecule has 4 heterocycles. The summed E-state index contributed by atoms with van der Waals surface area (Å²) in [7, 11) is 0.998. The molecule has 35 heteroatoms. The van der Waals surface area contributed by atoms with E-state index in [4.69, 9.17) is 21.0 Å². The number of nitrogens with two attached hydrogens (primary N) is 2. The largest absolute Gasteiger partial charge is 0.494 e. The van der Waals surface area contributed by atoms with Crippen molar-refractivity contribution in [3.05, 3.63) is 29.3 Å². The molecule has 12 atom stereocenters. The number of carbonyl (C=O) groups excluding carboxylic acids is 12. The van der Waals surface area contributed by atoms with Crippen molar-refractivity contribution in [2.75, 3.05) is 51.5 Å². The van der Waals surface area contributed by atoms with E-state index in [9.17, 15) is 72.9 Å². The summed E-state index contributed by atoms with van der Waals surface area (Å²) < 4.78 is 6.26. The molecule has 1 aromatic rings. The molecule has 0 aliphatic carbocycles. The number of hydrogen-bond donors (Lipinski definition) is 13. The normalized spacial score (nSPS) is 26.9. The van der Waals surface area contributed by atoms with Gasteiger partial charge in [-0.15, -0.1) is 0 Å². The third kappa shape index (κ3) is 26.2. The van der Waals surface area contributed by atoms with E-state index in [1.165, 1.54) is 28.4 Å². The van der Waals surface area contributed by atoms with Crippen molar-refractivity contribution in [3.8, 4) is 5.75 Å². The summed E-state index contributed by atoms with van der Waals surface area (Å²) in [5.41, 5.74) is 13.0. The van der Waals surface area contributed by atoms with E-state index in [2.05, 4.69) is 57.5 Å². The van der Waals surface area contributed by atoms with Crippen molar-refractivity contribution in [3.63, 3.8) is 0 Å². The Balaban J connectivity index is 1.60. The fraction of sp³-hybridized carbons (Fsp3) is 0.677. The van der Waals surface area contributed by atoms with Crippen LogP contribution in [0.3, 0.4) is 0 Å². The number of aliphatic carboxylic acids is 1. The lowest BCUT2D eigenvalue weighted by atomic mass is 10.0. The third-order valence-corrected chi connectivity index (χ3v) is 18.4. The van der Waals surface area contributed by atoms with E-state index in [1.807, 2.05) is 6.07 Å². The Bertz CT molecular complexity index is 2940. The van der Waals surface area contributed by atoms with Crippen LogP contribution < -0.4 is 58.7 Å². The Kier molecular flexibility index (Phi) is 33.5. The Hall–Kier alpha value is -7.86. The van der Waals surface area contributed by atoms with Crippen molar-refractivity contribution >= 4 is 107 Å². The minimum atomic E-state index is -1.90. The highest BCUT2D eigenvalue weighted by atomic mass is 32.2. The number of unbranched alkanes of at least 4 members (excludes halogenated alkanes) is 1. The van der Waals surface area contributed by atoms with Crippen LogP contribution in [0.25, 0.3) is 0 Å². The predicted molar refractivity (Wildman–Crippen MR) is 352 cm³/mol. The van der Waals surface area contributed by atoms with Crippen LogP contribution in [0.15, 0.2) is 23.4 Å². The smallest absolute Gasteiger partial charge is 0.344 e. The Morgan fingerprint density at radius 1 is 0.639 bits per heavy atom. The van der Waals surface area contributed by atoms with E-state index in [1.54, 1.807) is 26.0 Å². The van der Waals surface area contributed by atoms with Gasteiger partial charge < -0.3 is 88.7 Å². The number of carboxylic acid groups (broad SMARTS) is 1. The molecule has 4 bridgehead atoms. The van der Waals surface area contributed by atoms with Gasteiger partial charge in [0, 0.05) is 42.5 Å². The SMILES string of the molecule is COOC(=O)C[C@@H]1NC(=O)[C@H](CC(C)C)NC(=O)[C@@H]2CCCN2C(=O)[C@@H]2CSCc3cc(cc(c3)OCCCCCCO/N=C/C(=O)N[C@@H](CCCCN)C(=O)N2)CSC[C@@H](C(N)=O)NC(=O)[C@H](CCC(=O)O)NC(=O)[C@H]([C@@H](C)O)NC(=O)[C@@H]2CCCN2C(=O)[C@H]([C@@H](C)O)NC1=O. The fourth-order valence-corrected chi connectivity index (χ4v) is 13.2. The van der Waals surface area contributed by atoms with Gasteiger partial charge in [0.2, 0.25) is 59.1 Å². The number of thioether (sulfide) groups is 2. The number of amides is 11. The van der Waals surface area contributed by atoms with Crippen LogP contribution in [0, 0.1) is 5.92 Å². The molecule has 33 nitrogen and oxygen atoms in total. The molecular weight excluding hydrogens is 1310 g/mol. The summed E-state index contributed by atoms with van der Waals surface area (Å²) in [6.45, 7) is 6.42. The monoisotopic (exact) mass is 1410 g/mol. The second-order valence-electron chi connectivity index (χ2n) is 24.6. The van der Waals surface area contributed by atoms with Crippen LogP contribution in [-0.2, 0) is 88.4 Å². The van der Waals surface area contributed by atoms with Crippen molar-refractivity contribution < 1.29 is 97.0 Å². The van der Waals surface area contributed by atoms with Crippen LogP contribution in [0.1, 0.15) is 135 Å². The summed E-state index contributed by atoms with van der Waals surface area (Å²) in [4.78, 5) is 198. The average molecular weight is 1410 g/mol. The molecule has 0 radical (unpaired) electrons. The first kappa shape index (κ1) is 79.8. The molecule has 5 rings (SSSR count). The number of rotatable bonds is 15. The lowest BCUT2D eigenvalue weighted by molar-refractivity contribution is -0.255. The Labute approximate surface area is 570 Å². The number of oxime groups is 1. The maximum atomic E-state index is 15.1. The molecule has 11 amide bonds. The second kappa shape index (κ2) is 40.8. The number of nitrogens with zero attached hydrogens (tertiary/aromatic N) is 3. The van der Waals surface area contributed by atoms with Gasteiger partial charge in [0.15, 0.2) is 0 Å². The molecule has 4 aliphatic heterocycles. The van der Waals surface area contributed by atoms with Crippen LogP contribution in [0.5, 0.6) is 5.75 Å². The first-order chi connectivity index (χ1) is 46.2. The topological polar surface area (TPSA) is 487 Å². The molecule has 4 aliphatic rings. The van der Waals surface area contributed by atoms with Gasteiger partial charge >= 0.3 is 11.9 Å². The molecule has 97 heavy (non-hydrogen) atoms. The maximum absolute atomic E-state index is 15.1. The van der Waals surface area contributed by atoms with Crippen LogP contribution >= 0.6 is 23.5 Å². The fourth-order valence-electron chi connectivity index (χ4n) is 11.2. The molecule has 540 valence electrons. The van der Waals surface area contributed by atoms with E-state index < -0.39 is 169 Å². The van der Waals surface area contributed by atoms with E-state index in [0.29, 0.717) is 55.6 Å². The number of aliphatic hydroxyl groups is 2. The van der Waals surface area contributed by atoms with E-state index in [-0.39, 0.29) is 87.3 Å². The van der Waals surface area contributed by atoms with Gasteiger partial charge in [-0.3, -0.25) is 62.4 Å². The number of primary amides is 1. The first-order valence-corrected chi connectivity index (χ1v) is 34.9. The number of aliphatic hydroxyl groups excluding tert-OH is 2. The standard InChI is InChI=1S/C62H95N13O20S2/c1-34(2)24-42-56(85)68-43(28-50(81)95-92-5)57(86)73-52(36(4)77)62(91)75-21-13-16-47(75)59(88)72-51(35(3)76)60(89)67-41(17-18-49(79)80)55(84)70-44(53(64)82)32-96-30-37-25-38-27-39(26-37)93-22-10-6-7-11-23-94-65-29-48(78)66-40(14-8-9-19-63)54(83)71-45(33-97-31-38)61(90)74-20-12-15-46(74)58(87)69-42/h25-27,29,34-36,40-47,51-52,76-77H,6-24,28,30-33,63H2,1-5H3,(H2,64,82)(H,66,78)(H,67,89)(H,68,85)(H,69,87)(H,70,84)(H,71,83)(H,72,88)(H,73,86)(H,79,80)/b65-29+/t35-,36-,40+,41+,42+,43+,44+,45+,46+,47+,51+,52+/m1/s1. The first-order valence-electron chi connectivity index (χ1n) is 32.6. The summed E-state index contributed by atoms with van der Waals surface area (Å²) in [5, 5.41) is 55.7. The average Bonchev–Trinajstić information content (AvgIpc) is 1.76. The lowest BCUT2D eigenvalue weighted by Gasteiger charge is -2.32. The van der Waals surface area contributed by atoms with Gasteiger partial charge in [-0.25, -0.2) is 4.79 Å². The van der Waals surface area contributed by atoms with Crippen molar-refractivity contribution in [1.29, 1.82) is 0 Å². The van der Waals surface area contributed by atoms with Crippen LogP contribution in [-0.4, -0.2) is 232 Å². The van der Waals surface area contributed by atoms with Gasteiger partial charge in [-0.05, 0) is 133 Å². The van der Waals surface area contributed by atoms with E-state index in [0.717, 1.165) is 44.9 Å².